The van der Waals surface area contributed by atoms with Crippen molar-refractivity contribution in [3.05, 3.63) is 17.6 Å². The van der Waals surface area contributed by atoms with Crippen LogP contribution in [0.5, 0.6) is 5.75 Å². The molecule has 1 saturated heterocycles. The molecule has 0 aliphatic carbocycles. The normalized spacial score (nSPS) is 23.4. The van der Waals surface area contributed by atoms with E-state index >= 15 is 0 Å². The number of sulfone groups is 1. The monoisotopic (exact) mass is 376 g/mol. The van der Waals surface area contributed by atoms with Crippen LogP contribution >= 0.6 is 0 Å². The Hall–Kier alpha value is -1.80. The highest BCUT2D eigenvalue weighted by Gasteiger charge is 2.25. The molecule has 1 atom stereocenters. The molecule has 25 heavy (non-hydrogen) atoms. The van der Waals surface area contributed by atoms with Crippen LogP contribution in [0.25, 0.3) is 0 Å². The van der Waals surface area contributed by atoms with Gasteiger partial charge in [-0.1, -0.05) is 13.8 Å². The molecule has 1 aliphatic heterocycles. The summed E-state index contributed by atoms with van der Waals surface area (Å²) in [6.07, 6.45) is 1.79. The maximum absolute atomic E-state index is 12.9. The maximum atomic E-state index is 12.9. The van der Waals surface area contributed by atoms with E-state index in [1.54, 1.807) is 0 Å². The molecule has 1 amide bonds. The van der Waals surface area contributed by atoms with Crippen LogP contribution in [-0.2, 0) is 9.84 Å². The van der Waals surface area contributed by atoms with Crippen molar-refractivity contribution in [2.45, 2.75) is 37.6 Å². The van der Waals surface area contributed by atoms with Crippen LogP contribution in [0.4, 0.5) is 5.69 Å². The quantitative estimate of drug-likeness (QED) is 0.695. The number of benzene rings is 1. The van der Waals surface area contributed by atoms with E-state index < -0.39 is 62.3 Å². The van der Waals surface area contributed by atoms with E-state index in [1.807, 2.05) is 6.92 Å². The molecule has 140 valence electrons. The summed E-state index contributed by atoms with van der Waals surface area (Å²) in [6.45, 7) is 0.216. The van der Waals surface area contributed by atoms with Crippen molar-refractivity contribution in [3.8, 4) is 5.75 Å². The third-order valence-electron chi connectivity index (χ3n) is 4.20. The highest BCUT2D eigenvalue weighted by atomic mass is 32.2. The smallest absolute Gasteiger partial charge is 0.255 e. The lowest BCUT2D eigenvalue weighted by Gasteiger charge is -2.23. The van der Waals surface area contributed by atoms with Crippen LogP contribution in [0.15, 0.2) is 17.0 Å². The zero-order valence-corrected chi connectivity index (χ0v) is 15.0. The summed E-state index contributed by atoms with van der Waals surface area (Å²) in [5.74, 6) is -1.37. The average molecular weight is 377 g/mol. The third kappa shape index (κ3) is 4.24. The number of methoxy groups -OCH3 is 1. The van der Waals surface area contributed by atoms with Gasteiger partial charge < -0.3 is 15.8 Å². The number of nitrogens with zero attached hydrogens (tertiary/aromatic N) is 1. The lowest BCUT2D eigenvalue weighted by Crippen LogP contribution is -2.40. The Labute approximate surface area is 159 Å². The molecule has 8 heteroatoms. The summed E-state index contributed by atoms with van der Waals surface area (Å²) in [7, 11) is -4.30. The molecule has 1 unspecified atom stereocenters. The minimum atomic E-state index is -5.41. The second kappa shape index (κ2) is 8.05. The van der Waals surface area contributed by atoms with Gasteiger partial charge in [0, 0.05) is 25.5 Å². The Morgan fingerprint density at radius 1 is 1.60 bits per heavy atom. The first-order valence-electron chi connectivity index (χ1n) is 11.4. The average Bonchev–Trinajstić information content (AvgIpc) is 3.15. The van der Waals surface area contributed by atoms with Gasteiger partial charge in [-0.05, 0) is 32.0 Å². The summed E-state index contributed by atoms with van der Waals surface area (Å²) in [5.41, 5.74) is 0.391. The molecule has 7 nitrogen and oxygen atoms in total. The Balaban J connectivity index is 2.60. The van der Waals surface area contributed by atoms with Gasteiger partial charge in [0.25, 0.3) is 5.91 Å². The molecule has 0 saturated carbocycles. The van der Waals surface area contributed by atoms with Crippen LogP contribution in [0.3, 0.4) is 0 Å². The SMILES string of the molecule is [2H]c1c(N)c(S(=O)(=O)C([2H])([2H])C([2H])([2H])[2H])c([2H])c(C(=O)NCC2CCCN2CC)c1OC. The minimum Gasteiger partial charge on any atom is -0.496 e. The van der Waals surface area contributed by atoms with E-state index in [1.165, 1.54) is 0 Å². The fourth-order valence-corrected chi connectivity index (χ4v) is 3.58. The van der Waals surface area contributed by atoms with E-state index in [2.05, 4.69) is 10.2 Å². The molecule has 1 heterocycles. The van der Waals surface area contributed by atoms with E-state index in [0.29, 0.717) is 0 Å². The first-order valence-corrected chi connectivity index (χ1v) is 9.35. The molecule has 1 fully saturated rings. The van der Waals surface area contributed by atoms with Crippen LogP contribution < -0.4 is 15.8 Å². The van der Waals surface area contributed by atoms with Crippen LogP contribution in [0.2, 0.25) is 0 Å². The number of amides is 1. The predicted molar refractivity (Wildman–Crippen MR) is 97.7 cm³/mol. The number of hydrogen-bond donors (Lipinski definition) is 2. The second-order valence-electron chi connectivity index (χ2n) is 5.64. The molecule has 0 bridgehead atoms. The van der Waals surface area contributed by atoms with E-state index in [4.69, 9.17) is 20.1 Å². The number of likely N-dealkylation sites (tertiary alicyclic amines) is 1. The molecule has 2 rings (SSSR count). The summed E-state index contributed by atoms with van der Waals surface area (Å²) < 4.78 is 84.5. The molecule has 3 N–H and O–H groups in total. The van der Waals surface area contributed by atoms with Gasteiger partial charge in [0.1, 0.15) is 5.75 Å². The lowest BCUT2D eigenvalue weighted by molar-refractivity contribution is 0.0938. The van der Waals surface area contributed by atoms with Gasteiger partial charge >= 0.3 is 0 Å². The number of hydrogen-bond acceptors (Lipinski definition) is 6. The van der Waals surface area contributed by atoms with Crippen LogP contribution in [0.1, 0.15) is 46.6 Å². The predicted octanol–water partition coefficient (Wildman–Crippen LogP) is 1.29. The molecule has 1 aliphatic rings. The number of carbonyl (C=O) groups is 1. The number of nitrogen functional groups attached to an aromatic ring is 1. The van der Waals surface area contributed by atoms with Gasteiger partial charge in [0.2, 0.25) is 0 Å². The molecule has 1 aromatic rings. The number of nitrogens with one attached hydrogen (secondary N) is 1. The topological polar surface area (TPSA) is 102 Å². The number of nitrogens with two attached hydrogens (primary N) is 1. The van der Waals surface area contributed by atoms with Crippen molar-refractivity contribution < 1.29 is 27.5 Å². The van der Waals surface area contributed by atoms with Gasteiger partial charge in [0.05, 0.1) is 31.7 Å². The Morgan fingerprint density at radius 2 is 2.36 bits per heavy atom. The van der Waals surface area contributed by atoms with Crippen LogP contribution in [0, 0.1) is 0 Å². The zero-order valence-electron chi connectivity index (χ0n) is 21.2. The van der Waals surface area contributed by atoms with E-state index in [9.17, 15) is 13.2 Å². The number of anilines is 1. The molecule has 0 aromatic heterocycles. The van der Waals surface area contributed by atoms with E-state index in [0.717, 1.165) is 33.0 Å². The van der Waals surface area contributed by atoms with Crippen molar-refractivity contribution in [2.75, 3.05) is 38.2 Å². The third-order valence-corrected chi connectivity index (χ3v) is 5.32. The van der Waals surface area contributed by atoms with E-state index in [-0.39, 0.29) is 12.6 Å². The fourth-order valence-electron chi connectivity index (χ4n) is 2.90. The molecule has 0 spiro atoms. The first-order chi connectivity index (χ1) is 14.6. The van der Waals surface area contributed by atoms with Gasteiger partial charge in [0.15, 0.2) is 9.84 Å². The first kappa shape index (κ1) is 11.7. The summed E-state index contributed by atoms with van der Waals surface area (Å²) in [5, 5.41) is 2.61. The van der Waals surface area contributed by atoms with Gasteiger partial charge in [-0.25, -0.2) is 8.42 Å². The number of likely N-dealkylation sites (N-methyl/N-ethyl adjacent to an activating group) is 1. The fraction of sp³-hybridized carbons (Fsp3) is 0.588. The molecule has 0 radical (unpaired) electrons. The van der Waals surface area contributed by atoms with Crippen molar-refractivity contribution >= 4 is 21.4 Å². The van der Waals surface area contributed by atoms with Crippen molar-refractivity contribution in [2.24, 2.45) is 0 Å². The highest BCUT2D eigenvalue weighted by Crippen LogP contribution is 2.29. The largest absolute Gasteiger partial charge is 0.496 e. The molecular weight excluding hydrogens is 342 g/mol. The zero-order chi connectivity index (χ0) is 24.6. The highest BCUT2D eigenvalue weighted by molar-refractivity contribution is 7.91. The standard InChI is InChI=1S/C17H27N3O4S/c1-4-20-8-6-7-12(20)11-19-17(21)13-9-16(25(22,23)5-2)14(18)10-15(13)24-3/h9-10,12H,4-8,11,18H2,1-3H3,(H,19,21)/i2D3,5D2,9D,10D. The number of ether oxygens (including phenoxy) is 1. The molecule has 1 aromatic carbocycles. The van der Waals surface area contributed by atoms with Crippen LogP contribution in [-0.4, -0.2) is 57.7 Å². The van der Waals surface area contributed by atoms with Crippen molar-refractivity contribution in [1.82, 2.24) is 10.2 Å². The Bertz CT molecular complexity index is 999. The number of carbonyl (C=O) groups excluding carboxylic acids is 1. The Morgan fingerprint density at radius 3 is 3.00 bits per heavy atom. The summed E-state index contributed by atoms with van der Waals surface area (Å²) >= 11 is 0. The van der Waals surface area contributed by atoms with Gasteiger partial charge in [-0.3, -0.25) is 9.69 Å². The maximum Gasteiger partial charge on any atom is 0.255 e. The second-order valence-corrected chi connectivity index (χ2v) is 7.26. The number of rotatable bonds is 7. The van der Waals surface area contributed by atoms with Crippen molar-refractivity contribution in [3.63, 3.8) is 0 Å². The minimum absolute atomic E-state index is 0.0429. The van der Waals surface area contributed by atoms with Gasteiger partial charge in [-0.2, -0.15) is 0 Å². The lowest BCUT2D eigenvalue weighted by atomic mass is 10.1. The van der Waals surface area contributed by atoms with Crippen molar-refractivity contribution in [1.29, 1.82) is 0 Å². The summed E-state index contributed by atoms with van der Waals surface area (Å²) in [4.78, 5) is 13.9. The van der Waals surface area contributed by atoms with Gasteiger partial charge in [-0.15, -0.1) is 0 Å². The molecular formula is C17H27N3O4S. The Kier molecular flexibility index (Phi) is 3.78. The summed E-state index contributed by atoms with van der Waals surface area (Å²) in [6, 6.07) is -1.74.